The summed E-state index contributed by atoms with van der Waals surface area (Å²) in [6.07, 6.45) is -2.50. The number of amides is 2. The fourth-order valence-corrected chi connectivity index (χ4v) is 4.96. The van der Waals surface area contributed by atoms with E-state index in [0.29, 0.717) is 47.4 Å². The molecule has 1 N–H and O–H groups in total. The maximum atomic E-state index is 15.2. The summed E-state index contributed by atoms with van der Waals surface area (Å²) in [6.45, 7) is 6.80. The number of hydrogen-bond donors (Lipinski definition) is 1. The summed E-state index contributed by atoms with van der Waals surface area (Å²) >= 11 is 0. The molecule has 2 amide bonds. The van der Waals surface area contributed by atoms with E-state index in [9.17, 15) is 22.8 Å². The third-order valence-electron chi connectivity index (χ3n) is 6.85. The zero-order chi connectivity index (χ0) is 30.2. The number of benzene rings is 1. The first-order valence-corrected chi connectivity index (χ1v) is 13.4. The molecule has 5 rings (SSSR count). The number of nitrogens with one attached hydrogen (secondary N) is 1. The Morgan fingerprint density at radius 3 is 2.48 bits per heavy atom. The van der Waals surface area contributed by atoms with Crippen LogP contribution in [-0.2, 0) is 9.47 Å². The van der Waals surface area contributed by atoms with Crippen LogP contribution in [0.3, 0.4) is 0 Å². The van der Waals surface area contributed by atoms with E-state index in [1.807, 2.05) is 0 Å². The predicted octanol–water partition coefficient (Wildman–Crippen LogP) is 5.84. The molecule has 0 unspecified atom stereocenters. The Morgan fingerprint density at radius 2 is 1.83 bits per heavy atom. The highest BCUT2D eigenvalue weighted by atomic mass is 19.4. The topological polar surface area (TPSA) is 97.0 Å². The van der Waals surface area contributed by atoms with E-state index in [2.05, 4.69) is 14.7 Å². The minimum atomic E-state index is -4.82. The zero-order valence-electron chi connectivity index (χ0n) is 23.3. The highest BCUT2D eigenvalue weighted by molar-refractivity contribution is 5.96. The van der Waals surface area contributed by atoms with Gasteiger partial charge in [0.2, 0.25) is 0 Å². The summed E-state index contributed by atoms with van der Waals surface area (Å²) in [5.41, 5.74) is 1.74. The van der Waals surface area contributed by atoms with Crippen LogP contribution in [0.1, 0.15) is 54.9 Å². The molecule has 9 nitrogen and oxygen atoms in total. The Hall–Kier alpha value is -4.13. The Morgan fingerprint density at radius 1 is 1.10 bits per heavy atom. The Labute approximate surface area is 239 Å². The normalized spacial score (nSPS) is 18.2. The van der Waals surface area contributed by atoms with Crippen molar-refractivity contribution in [3.05, 3.63) is 65.2 Å². The number of carbonyl (C=O) groups excluding carboxylic acids is 2. The van der Waals surface area contributed by atoms with Gasteiger partial charge in [-0.05, 0) is 63.1 Å². The fourth-order valence-electron chi connectivity index (χ4n) is 4.96. The summed E-state index contributed by atoms with van der Waals surface area (Å²) in [5.74, 6) is -1.30. The van der Waals surface area contributed by atoms with Crippen LogP contribution in [0.25, 0.3) is 16.6 Å². The summed E-state index contributed by atoms with van der Waals surface area (Å²) in [7, 11) is 0. The number of alkyl halides is 3. The van der Waals surface area contributed by atoms with E-state index >= 15 is 4.39 Å². The molecular formula is C29H30F4N4O5. The molecule has 0 bridgehead atoms. The largest absolute Gasteiger partial charge is 0.573 e. The van der Waals surface area contributed by atoms with Crippen molar-refractivity contribution in [2.45, 2.75) is 45.3 Å². The lowest BCUT2D eigenvalue weighted by Crippen LogP contribution is -2.44. The van der Waals surface area contributed by atoms with Crippen molar-refractivity contribution < 1.29 is 41.4 Å². The number of nitrogens with zero attached hydrogens (tertiary/aromatic N) is 3. The Balaban J connectivity index is 1.31. The molecule has 42 heavy (non-hydrogen) atoms. The fraction of sp³-hybridized carbons (Fsp3) is 0.414. The summed E-state index contributed by atoms with van der Waals surface area (Å²) < 4.78 is 67.7. The third-order valence-corrected chi connectivity index (χ3v) is 6.85. The van der Waals surface area contributed by atoms with Gasteiger partial charge in [0, 0.05) is 41.8 Å². The van der Waals surface area contributed by atoms with Crippen molar-refractivity contribution in [2.24, 2.45) is 0 Å². The first kappa shape index (κ1) is 29.4. The molecule has 2 aliphatic heterocycles. The molecular weight excluding hydrogens is 560 g/mol. The van der Waals surface area contributed by atoms with Crippen LogP contribution in [0.4, 0.5) is 22.4 Å². The van der Waals surface area contributed by atoms with Crippen molar-refractivity contribution >= 4 is 28.6 Å². The highest BCUT2D eigenvalue weighted by Gasteiger charge is 2.32. The second-order valence-corrected chi connectivity index (χ2v) is 11.1. The predicted molar refractivity (Wildman–Crippen MR) is 144 cm³/mol. The molecule has 4 heterocycles. The molecule has 0 radical (unpaired) electrons. The molecule has 2 aromatic heterocycles. The van der Waals surface area contributed by atoms with Gasteiger partial charge in [-0.15, -0.1) is 13.2 Å². The lowest BCUT2D eigenvalue weighted by molar-refractivity contribution is -0.274. The molecule has 1 saturated heterocycles. The monoisotopic (exact) mass is 590 g/mol. The molecule has 1 atom stereocenters. The van der Waals surface area contributed by atoms with Crippen LogP contribution in [0.2, 0.25) is 0 Å². The molecule has 0 saturated carbocycles. The zero-order valence-corrected chi connectivity index (χ0v) is 23.3. The van der Waals surface area contributed by atoms with Crippen molar-refractivity contribution in [2.75, 3.05) is 32.8 Å². The SMILES string of the molecule is CC(C)(C)OC(=O)N1CCO[C@H](c2cc3c(C4=CCN(C(=O)c5ccc(OC(F)(F)F)cc5)CC4)c(F)cnc3[nH]2)C1. The highest BCUT2D eigenvalue weighted by Crippen LogP contribution is 2.34. The number of H-pyrrole nitrogens is 1. The number of rotatable bonds is 4. The first-order valence-electron chi connectivity index (χ1n) is 13.4. The van der Waals surface area contributed by atoms with E-state index < -0.39 is 35.7 Å². The number of halogens is 4. The minimum Gasteiger partial charge on any atom is -0.444 e. The summed E-state index contributed by atoms with van der Waals surface area (Å²) in [6, 6.07) is 6.48. The van der Waals surface area contributed by atoms with E-state index in [1.54, 1.807) is 37.8 Å². The molecule has 2 aliphatic rings. The second-order valence-electron chi connectivity index (χ2n) is 11.1. The summed E-state index contributed by atoms with van der Waals surface area (Å²) in [5, 5.41) is 0.550. The number of aromatic nitrogens is 2. The van der Waals surface area contributed by atoms with Crippen molar-refractivity contribution in [1.82, 2.24) is 19.8 Å². The van der Waals surface area contributed by atoms with Gasteiger partial charge in [0.1, 0.15) is 28.9 Å². The van der Waals surface area contributed by atoms with Crippen LogP contribution in [-0.4, -0.2) is 76.5 Å². The van der Waals surface area contributed by atoms with E-state index in [4.69, 9.17) is 9.47 Å². The number of morpholine rings is 1. The molecule has 1 fully saturated rings. The maximum absolute atomic E-state index is 15.2. The smallest absolute Gasteiger partial charge is 0.444 e. The third kappa shape index (κ3) is 6.67. The number of carbonyl (C=O) groups is 2. The number of ether oxygens (including phenoxy) is 3. The molecule has 3 aromatic rings. The van der Waals surface area contributed by atoms with Gasteiger partial charge in [-0.3, -0.25) is 4.79 Å². The van der Waals surface area contributed by atoms with Crippen molar-refractivity contribution in [3.63, 3.8) is 0 Å². The molecule has 224 valence electrons. The van der Waals surface area contributed by atoms with Gasteiger partial charge in [-0.1, -0.05) is 6.08 Å². The van der Waals surface area contributed by atoms with Crippen molar-refractivity contribution in [3.8, 4) is 5.75 Å². The quantitative estimate of drug-likeness (QED) is 0.384. The number of hydrogen-bond acceptors (Lipinski definition) is 6. The number of fused-ring (bicyclic) bond motifs is 1. The van der Waals surface area contributed by atoms with Crippen LogP contribution >= 0.6 is 0 Å². The maximum Gasteiger partial charge on any atom is 0.573 e. The molecule has 1 aromatic carbocycles. The standard InChI is InChI=1S/C29H30F4N4O5/c1-28(2,3)42-27(39)37-12-13-40-23(16-37)22-14-20-24(21(30)15-34-25(20)35-22)17-8-10-36(11-9-17)26(38)18-4-6-19(7-5-18)41-29(31,32)33/h4-8,14-15,23H,9-13,16H2,1-3H3,(H,34,35)/t23-/m0/s1. The Kier molecular flexibility index (Phi) is 7.88. The van der Waals surface area contributed by atoms with Gasteiger partial charge in [0.25, 0.3) is 5.91 Å². The van der Waals surface area contributed by atoms with E-state index in [1.165, 1.54) is 17.0 Å². The van der Waals surface area contributed by atoms with Crippen LogP contribution in [0.15, 0.2) is 42.6 Å². The van der Waals surface area contributed by atoms with Gasteiger partial charge >= 0.3 is 12.5 Å². The summed E-state index contributed by atoms with van der Waals surface area (Å²) in [4.78, 5) is 36.0. The lowest BCUT2D eigenvalue weighted by atomic mass is 9.96. The van der Waals surface area contributed by atoms with Gasteiger partial charge in [-0.2, -0.15) is 0 Å². The van der Waals surface area contributed by atoms with Gasteiger partial charge in [0.15, 0.2) is 0 Å². The first-order chi connectivity index (χ1) is 19.8. The van der Waals surface area contributed by atoms with Crippen LogP contribution < -0.4 is 4.74 Å². The minimum absolute atomic E-state index is 0.187. The Bertz CT molecular complexity index is 1510. The van der Waals surface area contributed by atoms with Crippen LogP contribution in [0.5, 0.6) is 5.75 Å². The lowest BCUT2D eigenvalue weighted by Gasteiger charge is -2.33. The average molecular weight is 591 g/mol. The van der Waals surface area contributed by atoms with Gasteiger partial charge in [-0.25, -0.2) is 14.2 Å². The molecule has 0 spiro atoms. The number of pyridine rings is 1. The van der Waals surface area contributed by atoms with Crippen LogP contribution in [0, 0.1) is 5.82 Å². The molecule has 13 heteroatoms. The van der Waals surface area contributed by atoms with E-state index in [0.717, 1.165) is 18.3 Å². The average Bonchev–Trinajstić information content (AvgIpc) is 3.36. The molecule has 0 aliphatic carbocycles. The van der Waals surface area contributed by atoms with Crippen molar-refractivity contribution in [1.29, 1.82) is 0 Å². The van der Waals surface area contributed by atoms with Gasteiger partial charge < -0.3 is 29.0 Å². The number of aromatic amines is 1. The second kappa shape index (κ2) is 11.3. The van der Waals surface area contributed by atoms with E-state index in [-0.39, 0.29) is 31.1 Å². The van der Waals surface area contributed by atoms with Gasteiger partial charge in [0.05, 0.1) is 19.3 Å².